The highest BCUT2D eigenvalue weighted by Gasteiger charge is 2.26. The van der Waals surface area contributed by atoms with Crippen LogP contribution in [0.25, 0.3) is 0 Å². The Morgan fingerprint density at radius 2 is 1.33 bits per heavy atom. The SMILES string of the molecule is O=C(Nc1ccc(N2CCN(C(=O)c3ccccc3F)CC2)c(C(=O)NCc2ccc(F)cc2)c1)c1ccc(F)cc1. The lowest BCUT2D eigenvalue weighted by Gasteiger charge is -2.37. The van der Waals surface area contributed by atoms with Gasteiger partial charge in [-0.2, -0.15) is 0 Å². The maximum absolute atomic E-state index is 14.2. The highest BCUT2D eigenvalue weighted by Crippen LogP contribution is 2.27. The predicted octanol–water partition coefficient (Wildman–Crippen LogP) is 5.25. The van der Waals surface area contributed by atoms with Crippen molar-refractivity contribution in [3.63, 3.8) is 0 Å². The molecule has 1 aliphatic rings. The van der Waals surface area contributed by atoms with Gasteiger partial charge in [0.15, 0.2) is 0 Å². The van der Waals surface area contributed by atoms with Crippen LogP contribution in [0.4, 0.5) is 24.5 Å². The summed E-state index contributed by atoms with van der Waals surface area (Å²) in [7, 11) is 0. The summed E-state index contributed by atoms with van der Waals surface area (Å²) in [5, 5.41) is 5.58. The third kappa shape index (κ3) is 6.60. The second kappa shape index (κ2) is 12.6. The van der Waals surface area contributed by atoms with Crippen molar-refractivity contribution in [1.82, 2.24) is 10.2 Å². The second-order valence-electron chi connectivity index (χ2n) is 9.76. The molecule has 0 saturated carbocycles. The zero-order valence-electron chi connectivity index (χ0n) is 22.4. The van der Waals surface area contributed by atoms with Gasteiger partial charge in [-0.3, -0.25) is 14.4 Å². The number of carbonyl (C=O) groups excluding carboxylic acids is 3. The van der Waals surface area contributed by atoms with E-state index in [2.05, 4.69) is 10.6 Å². The number of hydrogen-bond donors (Lipinski definition) is 2. The third-order valence-electron chi connectivity index (χ3n) is 6.98. The number of amides is 3. The summed E-state index contributed by atoms with van der Waals surface area (Å²) in [5.41, 5.74) is 2.18. The van der Waals surface area contributed by atoms with E-state index in [0.29, 0.717) is 43.1 Å². The number of carbonyl (C=O) groups is 3. The van der Waals surface area contributed by atoms with Crippen LogP contribution in [0.3, 0.4) is 0 Å². The summed E-state index contributed by atoms with van der Waals surface area (Å²) < 4.78 is 40.8. The van der Waals surface area contributed by atoms with E-state index in [1.165, 1.54) is 54.6 Å². The van der Waals surface area contributed by atoms with Crippen LogP contribution < -0.4 is 15.5 Å². The summed E-state index contributed by atoms with van der Waals surface area (Å²) in [6, 6.07) is 21.6. The molecule has 4 aromatic rings. The van der Waals surface area contributed by atoms with Crippen LogP contribution >= 0.6 is 0 Å². The molecule has 1 aliphatic heterocycles. The molecule has 1 heterocycles. The van der Waals surface area contributed by atoms with E-state index in [-0.39, 0.29) is 29.1 Å². The largest absolute Gasteiger partial charge is 0.367 e. The van der Waals surface area contributed by atoms with E-state index in [9.17, 15) is 27.6 Å². The molecule has 0 aromatic heterocycles. The highest BCUT2D eigenvalue weighted by atomic mass is 19.1. The molecule has 5 rings (SSSR count). The van der Waals surface area contributed by atoms with Crippen molar-refractivity contribution in [1.29, 1.82) is 0 Å². The van der Waals surface area contributed by atoms with Crippen LogP contribution in [0.1, 0.15) is 36.6 Å². The lowest BCUT2D eigenvalue weighted by molar-refractivity contribution is 0.0741. The van der Waals surface area contributed by atoms with Gasteiger partial charge in [0.2, 0.25) is 0 Å². The summed E-state index contributed by atoms with van der Waals surface area (Å²) in [6.45, 7) is 1.55. The minimum Gasteiger partial charge on any atom is -0.367 e. The summed E-state index contributed by atoms with van der Waals surface area (Å²) in [5.74, 6) is -2.72. The number of nitrogens with zero attached hydrogens (tertiary/aromatic N) is 2. The average molecular weight is 573 g/mol. The normalized spacial score (nSPS) is 13.0. The van der Waals surface area contributed by atoms with Gasteiger partial charge < -0.3 is 20.4 Å². The third-order valence-corrected chi connectivity index (χ3v) is 6.98. The Labute approximate surface area is 240 Å². The number of halogens is 3. The highest BCUT2D eigenvalue weighted by molar-refractivity contribution is 6.06. The standard InChI is InChI=1S/C32H27F3N4O3/c33-23-9-5-21(6-10-23)20-36-31(41)27-19-25(37-30(40)22-7-11-24(34)12-8-22)13-14-29(27)38-15-17-39(18-16-38)32(42)26-3-1-2-4-28(26)35/h1-14,19H,15-18,20H2,(H,36,41)(H,37,40). The van der Waals surface area contributed by atoms with Gasteiger partial charge in [0, 0.05) is 49.7 Å². The van der Waals surface area contributed by atoms with Crippen molar-refractivity contribution in [2.24, 2.45) is 0 Å². The molecule has 0 aliphatic carbocycles. The van der Waals surface area contributed by atoms with Gasteiger partial charge >= 0.3 is 0 Å². The maximum atomic E-state index is 14.2. The molecule has 3 amide bonds. The van der Waals surface area contributed by atoms with Gasteiger partial charge in [-0.15, -0.1) is 0 Å². The fraction of sp³-hybridized carbons (Fsp3) is 0.156. The van der Waals surface area contributed by atoms with Gasteiger partial charge in [-0.05, 0) is 72.3 Å². The summed E-state index contributed by atoms with van der Waals surface area (Å²) >= 11 is 0. The molecule has 2 N–H and O–H groups in total. The van der Waals surface area contributed by atoms with Crippen molar-refractivity contribution < 1.29 is 27.6 Å². The van der Waals surface area contributed by atoms with Crippen molar-refractivity contribution in [3.8, 4) is 0 Å². The summed E-state index contributed by atoms with van der Waals surface area (Å²) in [4.78, 5) is 42.5. The molecule has 4 aromatic carbocycles. The number of nitrogens with one attached hydrogen (secondary N) is 2. The molecule has 0 unspecified atom stereocenters. The van der Waals surface area contributed by atoms with E-state index < -0.39 is 29.4 Å². The van der Waals surface area contributed by atoms with Crippen LogP contribution in [0.5, 0.6) is 0 Å². The number of anilines is 2. The predicted molar refractivity (Wildman–Crippen MR) is 153 cm³/mol. The van der Waals surface area contributed by atoms with Gasteiger partial charge in [0.1, 0.15) is 17.5 Å². The topological polar surface area (TPSA) is 81.8 Å². The molecular weight excluding hydrogens is 545 g/mol. The molecule has 0 spiro atoms. The van der Waals surface area contributed by atoms with E-state index in [4.69, 9.17) is 0 Å². The zero-order valence-corrected chi connectivity index (χ0v) is 22.4. The number of hydrogen-bond acceptors (Lipinski definition) is 4. The Hall–Kier alpha value is -5.12. The minimum atomic E-state index is -0.580. The van der Waals surface area contributed by atoms with Crippen molar-refractivity contribution in [2.75, 3.05) is 36.4 Å². The van der Waals surface area contributed by atoms with Gasteiger partial charge in [0.05, 0.1) is 11.1 Å². The first-order chi connectivity index (χ1) is 20.3. The van der Waals surface area contributed by atoms with E-state index in [1.807, 2.05) is 4.90 Å². The van der Waals surface area contributed by atoms with Gasteiger partial charge in [0.25, 0.3) is 17.7 Å². The average Bonchev–Trinajstić information content (AvgIpc) is 3.01. The lowest BCUT2D eigenvalue weighted by atomic mass is 10.1. The molecule has 1 saturated heterocycles. The summed E-state index contributed by atoms with van der Waals surface area (Å²) in [6.07, 6.45) is 0. The first-order valence-corrected chi connectivity index (χ1v) is 13.3. The zero-order chi connectivity index (χ0) is 29.6. The first kappa shape index (κ1) is 28.4. The Bertz CT molecular complexity index is 1600. The Morgan fingerprint density at radius 1 is 0.690 bits per heavy atom. The van der Waals surface area contributed by atoms with Crippen LogP contribution in [0.2, 0.25) is 0 Å². The molecule has 42 heavy (non-hydrogen) atoms. The maximum Gasteiger partial charge on any atom is 0.256 e. The molecular formula is C32H27F3N4O3. The molecule has 0 atom stereocenters. The van der Waals surface area contributed by atoms with Crippen LogP contribution in [-0.4, -0.2) is 48.8 Å². The van der Waals surface area contributed by atoms with Gasteiger partial charge in [-0.25, -0.2) is 13.2 Å². The number of piperazine rings is 1. The van der Waals surface area contributed by atoms with E-state index in [0.717, 1.165) is 0 Å². The van der Waals surface area contributed by atoms with Crippen LogP contribution in [0.15, 0.2) is 91.0 Å². The molecule has 10 heteroatoms. The fourth-order valence-electron chi connectivity index (χ4n) is 4.71. The quantitative estimate of drug-likeness (QED) is 0.317. The minimum absolute atomic E-state index is 0.00746. The van der Waals surface area contributed by atoms with E-state index in [1.54, 1.807) is 41.3 Å². The Morgan fingerprint density at radius 3 is 2.00 bits per heavy atom. The van der Waals surface area contributed by atoms with Crippen LogP contribution in [0, 0.1) is 17.5 Å². The van der Waals surface area contributed by atoms with E-state index >= 15 is 0 Å². The van der Waals surface area contributed by atoms with Crippen LogP contribution in [-0.2, 0) is 6.54 Å². The van der Waals surface area contributed by atoms with Crippen molar-refractivity contribution in [2.45, 2.75) is 6.54 Å². The second-order valence-corrected chi connectivity index (χ2v) is 9.76. The smallest absolute Gasteiger partial charge is 0.256 e. The Balaban J connectivity index is 1.35. The first-order valence-electron chi connectivity index (χ1n) is 13.3. The fourth-order valence-corrected chi connectivity index (χ4v) is 4.71. The van der Waals surface area contributed by atoms with Crippen molar-refractivity contribution >= 4 is 29.1 Å². The monoisotopic (exact) mass is 572 g/mol. The molecule has 214 valence electrons. The van der Waals surface area contributed by atoms with Gasteiger partial charge in [-0.1, -0.05) is 24.3 Å². The van der Waals surface area contributed by atoms with Crippen molar-refractivity contribution in [3.05, 3.63) is 131 Å². The molecule has 1 fully saturated rings. The number of benzene rings is 4. The molecule has 0 bridgehead atoms. The molecule has 7 nitrogen and oxygen atoms in total. The lowest BCUT2D eigenvalue weighted by Crippen LogP contribution is -2.49. The molecule has 0 radical (unpaired) electrons. The Kier molecular flexibility index (Phi) is 8.52. The number of rotatable bonds is 7.